The van der Waals surface area contributed by atoms with Crippen molar-refractivity contribution in [2.45, 2.75) is 52.4 Å². The Balaban J connectivity index is 0.00000494. The third-order valence-electron chi connectivity index (χ3n) is 12.9. The number of hydrogen-bond donors (Lipinski definition) is 0. The van der Waals surface area contributed by atoms with E-state index in [1.165, 1.54) is 11.1 Å². The molecule has 0 N–H and O–H groups in total. The molecule has 3 aromatic heterocycles. The fourth-order valence-corrected chi connectivity index (χ4v) is 9.44. The third kappa shape index (κ3) is 7.44. The number of pyridine rings is 1. The first-order valence-electron chi connectivity index (χ1n) is 22.5. The van der Waals surface area contributed by atoms with Crippen molar-refractivity contribution in [1.29, 1.82) is 0 Å². The molecule has 0 unspecified atom stereocenters. The number of nitrogens with zero attached hydrogens (tertiary/aromatic N) is 4. The van der Waals surface area contributed by atoms with Crippen LogP contribution in [0.3, 0.4) is 0 Å². The van der Waals surface area contributed by atoms with Gasteiger partial charge >= 0.3 is 0 Å². The van der Waals surface area contributed by atoms with Gasteiger partial charge in [0.15, 0.2) is 0 Å². The van der Waals surface area contributed by atoms with Gasteiger partial charge in [0.25, 0.3) is 13.0 Å². The number of rotatable bonds is 6. The average Bonchev–Trinajstić information content (AvgIpc) is 3.94. The standard InChI is InChI=1S/C58H45BN4O3.Pt/c1-57(2,3)39-13-11-14-41(32-39)61-27-28-62(36-61)42-15-12-16-43(34-42)64-44-22-23-45-46-29-37(21-24-49(46)63(50(45)35-44)55-33-40(25-26-60-55)58(4,5)6)38-30-53-56-54(31-38)66-52-20-10-8-18-48(52)59(56)47-17-7-9-19-51(47)65-53;/h7-33H,1-6H3;/q-2;. The molecule has 330 valence electrons. The van der Waals surface area contributed by atoms with Crippen molar-refractivity contribution in [3.63, 3.8) is 0 Å². The quantitative estimate of drug-likeness (QED) is 0.0946. The van der Waals surface area contributed by atoms with Crippen LogP contribution in [0.2, 0.25) is 0 Å². The summed E-state index contributed by atoms with van der Waals surface area (Å²) < 4.78 is 26.1. The summed E-state index contributed by atoms with van der Waals surface area (Å²) in [5.74, 6) is 5.29. The maximum Gasteiger partial charge on any atom is 0.267 e. The van der Waals surface area contributed by atoms with E-state index in [1.807, 2.05) is 64.1 Å². The molecule has 2 aliphatic heterocycles. The number of ether oxygens (including phenoxy) is 3. The largest absolute Gasteiger partial charge is 0.510 e. The van der Waals surface area contributed by atoms with Gasteiger partial charge in [0.2, 0.25) is 0 Å². The summed E-state index contributed by atoms with van der Waals surface area (Å²) in [5, 5.41) is 2.09. The van der Waals surface area contributed by atoms with Crippen LogP contribution in [0.1, 0.15) is 52.7 Å². The molecule has 0 spiro atoms. The molecule has 7 nitrogen and oxygen atoms in total. The smallest absolute Gasteiger partial charge is 0.267 e. The maximum atomic E-state index is 6.67. The molecule has 2 aliphatic rings. The molecule has 0 bridgehead atoms. The van der Waals surface area contributed by atoms with Gasteiger partial charge < -0.3 is 23.3 Å². The second-order valence-corrected chi connectivity index (χ2v) is 19.3. The van der Waals surface area contributed by atoms with E-state index in [9.17, 15) is 0 Å². The van der Waals surface area contributed by atoms with Crippen LogP contribution in [-0.4, -0.2) is 20.8 Å². The Hall–Kier alpha value is -7.15. The van der Waals surface area contributed by atoms with E-state index in [2.05, 4.69) is 174 Å². The minimum atomic E-state index is -0.0771. The second-order valence-electron chi connectivity index (χ2n) is 19.3. The molecule has 0 saturated carbocycles. The van der Waals surface area contributed by atoms with Crippen LogP contribution in [0.25, 0.3) is 50.1 Å². The first kappa shape index (κ1) is 42.5. The summed E-state index contributed by atoms with van der Waals surface area (Å²) in [4.78, 5) is 4.95. The molecule has 9 heteroatoms. The van der Waals surface area contributed by atoms with Gasteiger partial charge in [0, 0.05) is 62.1 Å². The van der Waals surface area contributed by atoms with Crippen molar-refractivity contribution in [1.82, 2.24) is 14.1 Å². The Morgan fingerprint density at radius 3 is 2.03 bits per heavy atom. The molecule has 12 rings (SSSR count). The van der Waals surface area contributed by atoms with E-state index in [1.54, 1.807) is 0 Å². The Kier molecular flexibility index (Phi) is 10.2. The molecule has 0 amide bonds. The Labute approximate surface area is 405 Å². The molecular formula is C58H45BN4O3Pt-2. The number of fused-ring (bicyclic) bond motifs is 7. The Bertz CT molecular complexity index is 3510. The van der Waals surface area contributed by atoms with Gasteiger partial charge in [0.1, 0.15) is 28.8 Å². The van der Waals surface area contributed by atoms with Crippen molar-refractivity contribution < 1.29 is 39.8 Å². The van der Waals surface area contributed by atoms with E-state index in [0.29, 0.717) is 11.5 Å². The topological polar surface area (TPSA) is 54.3 Å². The summed E-state index contributed by atoms with van der Waals surface area (Å²) in [5.41, 5.74) is 11.5. The first-order valence-corrected chi connectivity index (χ1v) is 22.5. The predicted molar refractivity (Wildman–Crippen MR) is 263 cm³/mol. The van der Waals surface area contributed by atoms with Gasteiger partial charge in [-0.15, -0.1) is 29.7 Å². The van der Waals surface area contributed by atoms with Crippen molar-refractivity contribution >= 4 is 44.9 Å². The monoisotopic (exact) mass is 1050 g/mol. The first-order chi connectivity index (χ1) is 31.9. The molecule has 0 atom stereocenters. The minimum Gasteiger partial charge on any atom is -0.510 e. The summed E-state index contributed by atoms with van der Waals surface area (Å²) >= 11 is 0. The number of imidazole rings is 1. The van der Waals surface area contributed by atoms with E-state index >= 15 is 0 Å². The van der Waals surface area contributed by atoms with E-state index in [0.717, 1.165) is 89.5 Å². The molecule has 0 aliphatic carbocycles. The average molecular weight is 1050 g/mol. The van der Waals surface area contributed by atoms with Crippen LogP contribution in [0, 0.1) is 18.5 Å². The van der Waals surface area contributed by atoms with Crippen LogP contribution >= 0.6 is 0 Å². The van der Waals surface area contributed by atoms with Gasteiger partial charge in [-0.05, 0) is 110 Å². The Morgan fingerprint density at radius 1 is 0.612 bits per heavy atom. The SMILES string of the molecule is CC(C)(C)c1cccc(-[n+]2[c-]n(-c3[c-]c(Oc4[c-]c5c(cc4)c4cc(-c6cc7c8c(c6)Oc6ccccc6B8c6ccccc6O7)ccc4n5-c4cc(C(C)(C)C)ccn4)ccc3)cc2)c1.[Pt]. The molecule has 10 aromatic rings. The molecule has 0 saturated heterocycles. The summed E-state index contributed by atoms with van der Waals surface area (Å²) in [7, 11) is 0. The minimum absolute atomic E-state index is 0. The van der Waals surface area contributed by atoms with Crippen LogP contribution in [-0.2, 0) is 31.9 Å². The number of para-hydroxylation sites is 2. The van der Waals surface area contributed by atoms with Gasteiger partial charge in [-0.1, -0.05) is 108 Å². The molecule has 0 radical (unpaired) electrons. The van der Waals surface area contributed by atoms with Crippen molar-refractivity contribution in [3.8, 4) is 62.8 Å². The van der Waals surface area contributed by atoms with Gasteiger partial charge in [0.05, 0.1) is 5.69 Å². The summed E-state index contributed by atoms with van der Waals surface area (Å²) in [6.45, 7) is 13.4. The van der Waals surface area contributed by atoms with E-state index in [-0.39, 0.29) is 38.6 Å². The summed E-state index contributed by atoms with van der Waals surface area (Å²) in [6, 6.07) is 57.6. The predicted octanol–water partition coefficient (Wildman–Crippen LogP) is 11.4. The number of aromatic nitrogens is 4. The van der Waals surface area contributed by atoms with Crippen LogP contribution in [0.5, 0.6) is 34.5 Å². The van der Waals surface area contributed by atoms with Crippen LogP contribution in [0.4, 0.5) is 0 Å². The molecule has 7 aromatic carbocycles. The van der Waals surface area contributed by atoms with E-state index < -0.39 is 0 Å². The molecule has 5 heterocycles. The Morgan fingerprint density at radius 2 is 1.30 bits per heavy atom. The van der Waals surface area contributed by atoms with Gasteiger partial charge in [-0.25, -0.2) is 4.98 Å². The van der Waals surface area contributed by atoms with Crippen molar-refractivity contribution in [3.05, 3.63) is 194 Å². The molecule has 67 heavy (non-hydrogen) atoms. The van der Waals surface area contributed by atoms with Crippen LogP contribution < -0.4 is 35.2 Å². The van der Waals surface area contributed by atoms with Gasteiger partial charge in [-0.3, -0.25) is 4.57 Å². The normalized spacial score (nSPS) is 12.7. The van der Waals surface area contributed by atoms with Crippen molar-refractivity contribution in [2.24, 2.45) is 0 Å². The zero-order valence-corrected chi connectivity index (χ0v) is 40.3. The summed E-state index contributed by atoms with van der Waals surface area (Å²) in [6.07, 6.45) is 9.35. The van der Waals surface area contributed by atoms with Crippen molar-refractivity contribution in [2.75, 3.05) is 0 Å². The van der Waals surface area contributed by atoms with Crippen LogP contribution in [0.15, 0.2) is 164 Å². The second kappa shape index (κ2) is 16.0. The number of hydrogen-bond acceptors (Lipinski definition) is 4. The zero-order chi connectivity index (χ0) is 44.9. The zero-order valence-electron chi connectivity index (χ0n) is 38.0. The fourth-order valence-electron chi connectivity index (χ4n) is 9.44. The molecular weight excluding hydrogens is 1010 g/mol. The maximum absolute atomic E-state index is 6.67. The third-order valence-corrected chi connectivity index (χ3v) is 12.9. The molecule has 0 fully saturated rings. The number of benzene rings is 7. The van der Waals surface area contributed by atoms with E-state index in [4.69, 9.17) is 19.2 Å². The fraction of sp³-hybridized carbons (Fsp3) is 0.138. The van der Waals surface area contributed by atoms with Gasteiger partial charge in [-0.2, -0.15) is 18.2 Å².